The molecule has 1 N–H and O–H groups in total. The lowest BCUT2D eigenvalue weighted by atomic mass is 10.2. The van der Waals surface area contributed by atoms with Gasteiger partial charge < -0.3 is 5.32 Å². The Morgan fingerprint density at radius 1 is 1.09 bits per heavy atom. The first-order chi connectivity index (χ1) is 10.6. The van der Waals surface area contributed by atoms with Crippen molar-refractivity contribution in [3.8, 4) is 0 Å². The molecule has 2 amide bonds. The summed E-state index contributed by atoms with van der Waals surface area (Å²) in [5.41, 5.74) is 2.03. The average molecular weight is 316 g/mol. The molecule has 0 aromatic heterocycles. The standard InChI is InChI=1S/C16H13FN2O2S/c1-10-4-2-3-5-13(10)19-15(20)14(22-16(19)21)18-12-8-6-11(17)7-9-12/h2-9,14,18H,1H3/t14-/m0/s1. The maximum Gasteiger partial charge on any atom is 0.295 e. The second-order valence-electron chi connectivity index (χ2n) is 4.88. The van der Waals surface area contributed by atoms with E-state index in [9.17, 15) is 14.0 Å². The summed E-state index contributed by atoms with van der Waals surface area (Å²) >= 11 is 0.917. The zero-order valence-electron chi connectivity index (χ0n) is 11.7. The normalized spacial score (nSPS) is 17.9. The molecular formula is C16H13FN2O2S. The molecule has 0 aliphatic carbocycles. The number of thioether (sulfide) groups is 1. The molecule has 1 atom stereocenters. The highest BCUT2D eigenvalue weighted by Crippen LogP contribution is 2.33. The highest BCUT2D eigenvalue weighted by Gasteiger charge is 2.41. The Balaban J connectivity index is 1.82. The summed E-state index contributed by atoms with van der Waals surface area (Å²) in [7, 11) is 0. The van der Waals surface area contributed by atoms with Crippen LogP contribution in [0.3, 0.4) is 0 Å². The molecule has 6 heteroatoms. The SMILES string of the molecule is Cc1ccccc1N1C(=O)S[C@H](Nc2ccc(F)cc2)C1=O. The van der Waals surface area contributed by atoms with Crippen molar-refractivity contribution in [3.63, 3.8) is 0 Å². The Labute approximate surface area is 131 Å². The number of aryl methyl sites for hydroxylation is 1. The molecule has 0 unspecified atom stereocenters. The molecule has 2 aromatic rings. The molecule has 2 aromatic carbocycles. The van der Waals surface area contributed by atoms with E-state index < -0.39 is 5.37 Å². The molecule has 22 heavy (non-hydrogen) atoms. The predicted molar refractivity (Wildman–Crippen MR) is 85.5 cm³/mol. The number of amides is 2. The molecule has 0 radical (unpaired) electrons. The molecule has 3 rings (SSSR count). The molecule has 0 saturated carbocycles. The van der Waals surface area contributed by atoms with Crippen molar-refractivity contribution in [2.45, 2.75) is 12.3 Å². The van der Waals surface area contributed by atoms with E-state index >= 15 is 0 Å². The Morgan fingerprint density at radius 3 is 2.45 bits per heavy atom. The predicted octanol–water partition coefficient (Wildman–Crippen LogP) is 3.77. The van der Waals surface area contributed by atoms with Crippen LogP contribution in [0.1, 0.15) is 5.56 Å². The fourth-order valence-corrected chi connectivity index (χ4v) is 3.13. The quantitative estimate of drug-likeness (QED) is 0.936. The summed E-state index contributed by atoms with van der Waals surface area (Å²) < 4.78 is 12.9. The van der Waals surface area contributed by atoms with Crippen molar-refractivity contribution in [1.82, 2.24) is 0 Å². The lowest BCUT2D eigenvalue weighted by Crippen LogP contribution is -2.34. The first-order valence-corrected chi connectivity index (χ1v) is 7.56. The number of halogens is 1. The number of para-hydroxylation sites is 1. The number of hydrogen-bond donors (Lipinski definition) is 1. The van der Waals surface area contributed by atoms with Gasteiger partial charge in [-0.2, -0.15) is 0 Å². The van der Waals surface area contributed by atoms with Crippen LogP contribution in [0.4, 0.5) is 20.6 Å². The van der Waals surface area contributed by atoms with Crippen LogP contribution < -0.4 is 10.2 Å². The number of hydrogen-bond acceptors (Lipinski definition) is 4. The van der Waals surface area contributed by atoms with Crippen LogP contribution in [-0.2, 0) is 4.79 Å². The average Bonchev–Trinajstić information content (AvgIpc) is 2.77. The van der Waals surface area contributed by atoms with Gasteiger partial charge in [0.25, 0.3) is 11.1 Å². The van der Waals surface area contributed by atoms with E-state index in [0.29, 0.717) is 11.4 Å². The Hall–Kier alpha value is -2.34. The summed E-state index contributed by atoms with van der Waals surface area (Å²) in [5, 5.41) is 1.92. The molecule has 4 nitrogen and oxygen atoms in total. The van der Waals surface area contributed by atoms with E-state index in [1.165, 1.54) is 29.2 Å². The van der Waals surface area contributed by atoms with E-state index in [1.807, 2.05) is 19.1 Å². The number of anilines is 2. The first-order valence-electron chi connectivity index (χ1n) is 6.68. The van der Waals surface area contributed by atoms with Gasteiger partial charge in [-0.15, -0.1) is 0 Å². The highest BCUT2D eigenvalue weighted by molar-refractivity contribution is 8.16. The fraction of sp³-hybridized carbons (Fsp3) is 0.125. The monoisotopic (exact) mass is 316 g/mol. The van der Waals surface area contributed by atoms with Crippen LogP contribution in [0.25, 0.3) is 0 Å². The Kier molecular flexibility index (Phi) is 3.85. The van der Waals surface area contributed by atoms with E-state index in [0.717, 1.165) is 17.3 Å². The van der Waals surface area contributed by atoms with Crippen LogP contribution >= 0.6 is 11.8 Å². The molecule has 1 aliphatic rings. The number of nitrogens with one attached hydrogen (secondary N) is 1. The van der Waals surface area contributed by atoms with Gasteiger partial charge in [-0.3, -0.25) is 9.59 Å². The highest BCUT2D eigenvalue weighted by atomic mass is 32.2. The number of benzene rings is 2. The summed E-state index contributed by atoms with van der Waals surface area (Å²) in [5.74, 6) is -0.679. The molecule has 0 bridgehead atoms. The van der Waals surface area contributed by atoms with Crippen molar-refractivity contribution in [1.29, 1.82) is 0 Å². The smallest absolute Gasteiger partial charge is 0.295 e. The van der Waals surface area contributed by atoms with Gasteiger partial charge in [0.05, 0.1) is 5.69 Å². The number of imide groups is 1. The zero-order chi connectivity index (χ0) is 15.7. The third-order valence-corrected chi connectivity index (χ3v) is 4.28. The number of carbonyl (C=O) groups is 2. The number of nitrogens with zero attached hydrogens (tertiary/aromatic N) is 1. The van der Waals surface area contributed by atoms with Crippen molar-refractivity contribution in [2.24, 2.45) is 0 Å². The van der Waals surface area contributed by atoms with Gasteiger partial charge in [-0.25, -0.2) is 9.29 Å². The van der Waals surface area contributed by atoms with Gasteiger partial charge in [-0.1, -0.05) is 18.2 Å². The van der Waals surface area contributed by atoms with E-state index in [4.69, 9.17) is 0 Å². The van der Waals surface area contributed by atoms with Crippen LogP contribution in [0.5, 0.6) is 0 Å². The minimum Gasteiger partial charge on any atom is -0.365 e. The molecule has 1 saturated heterocycles. The third-order valence-electron chi connectivity index (χ3n) is 3.34. The minimum atomic E-state index is -0.711. The lowest BCUT2D eigenvalue weighted by Gasteiger charge is -2.16. The van der Waals surface area contributed by atoms with Crippen LogP contribution in [0.15, 0.2) is 48.5 Å². The third kappa shape index (κ3) is 2.69. The zero-order valence-corrected chi connectivity index (χ0v) is 12.6. The van der Waals surface area contributed by atoms with Gasteiger partial charge in [-0.05, 0) is 54.6 Å². The molecule has 1 heterocycles. The van der Waals surface area contributed by atoms with Crippen molar-refractivity contribution < 1.29 is 14.0 Å². The lowest BCUT2D eigenvalue weighted by molar-refractivity contribution is -0.116. The van der Waals surface area contributed by atoms with Crippen LogP contribution in [0, 0.1) is 12.7 Å². The Morgan fingerprint density at radius 2 is 1.77 bits per heavy atom. The number of carbonyl (C=O) groups excluding carboxylic acids is 2. The molecule has 112 valence electrons. The van der Waals surface area contributed by atoms with E-state index in [2.05, 4.69) is 5.32 Å². The first kappa shape index (κ1) is 14.6. The van der Waals surface area contributed by atoms with Gasteiger partial charge in [0.2, 0.25) is 0 Å². The van der Waals surface area contributed by atoms with Gasteiger partial charge in [0.15, 0.2) is 5.37 Å². The van der Waals surface area contributed by atoms with Crippen LogP contribution in [-0.4, -0.2) is 16.5 Å². The summed E-state index contributed by atoms with van der Waals surface area (Å²) in [6.45, 7) is 1.85. The largest absolute Gasteiger partial charge is 0.365 e. The Bertz CT molecular complexity index is 733. The van der Waals surface area contributed by atoms with Gasteiger partial charge >= 0.3 is 0 Å². The summed E-state index contributed by atoms with van der Waals surface area (Å²) in [6, 6.07) is 12.9. The maximum absolute atomic E-state index is 12.9. The maximum atomic E-state index is 12.9. The fourth-order valence-electron chi connectivity index (χ4n) is 2.23. The molecular weight excluding hydrogens is 303 g/mol. The van der Waals surface area contributed by atoms with Crippen LogP contribution in [0.2, 0.25) is 0 Å². The van der Waals surface area contributed by atoms with Crippen molar-refractivity contribution in [2.75, 3.05) is 10.2 Å². The minimum absolute atomic E-state index is 0.320. The van der Waals surface area contributed by atoms with E-state index in [1.54, 1.807) is 12.1 Å². The second kappa shape index (κ2) is 5.81. The number of rotatable bonds is 3. The molecule has 1 aliphatic heterocycles. The second-order valence-corrected chi connectivity index (χ2v) is 5.93. The van der Waals surface area contributed by atoms with Gasteiger partial charge in [0, 0.05) is 5.69 Å². The summed E-state index contributed by atoms with van der Waals surface area (Å²) in [4.78, 5) is 25.8. The molecule has 0 spiro atoms. The topological polar surface area (TPSA) is 49.4 Å². The summed E-state index contributed by atoms with van der Waals surface area (Å²) in [6.07, 6.45) is 0. The van der Waals surface area contributed by atoms with Crippen molar-refractivity contribution in [3.05, 3.63) is 59.9 Å². The molecule has 1 fully saturated rings. The van der Waals surface area contributed by atoms with Crippen molar-refractivity contribution >= 4 is 34.3 Å². The van der Waals surface area contributed by atoms with E-state index in [-0.39, 0.29) is 17.0 Å². The van der Waals surface area contributed by atoms with Gasteiger partial charge in [0.1, 0.15) is 5.82 Å².